The van der Waals surface area contributed by atoms with E-state index in [1.165, 1.54) is 18.3 Å². The predicted molar refractivity (Wildman–Crippen MR) is 111 cm³/mol. The van der Waals surface area contributed by atoms with Gasteiger partial charge in [0.2, 0.25) is 0 Å². The van der Waals surface area contributed by atoms with Gasteiger partial charge in [-0.05, 0) is 48.2 Å². The molecule has 148 valence electrons. The number of carbonyl (C=O) groups is 1. The van der Waals surface area contributed by atoms with E-state index in [1.807, 2.05) is 24.4 Å². The Balaban J connectivity index is 1.37. The number of likely N-dealkylation sites (tertiary alicyclic amines) is 1. The predicted octanol–water partition coefficient (Wildman–Crippen LogP) is 3.79. The van der Waals surface area contributed by atoms with Crippen LogP contribution in [0.15, 0.2) is 54.9 Å². The summed E-state index contributed by atoms with van der Waals surface area (Å²) in [6.07, 6.45) is 5.79. The zero-order valence-corrected chi connectivity index (χ0v) is 15.9. The number of halogens is 1. The molecule has 3 aromatic rings. The molecule has 1 atom stereocenters. The van der Waals surface area contributed by atoms with Crippen molar-refractivity contribution in [2.24, 2.45) is 5.92 Å². The molecule has 1 aliphatic rings. The molecule has 29 heavy (non-hydrogen) atoms. The molecule has 7 heteroatoms. The molecule has 0 saturated carbocycles. The van der Waals surface area contributed by atoms with Gasteiger partial charge in [-0.2, -0.15) is 5.10 Å². The maximum atomic E-state index is 13.4. The molecule has 1 aromatic heterocycles. The van der Waals surface area contributed by atoms with E-state index in [0.717, 1.165) is 28.8 Å². The number of nitrogens with zero attached hydrogens (tertiary/aromatic N) is 2. The third-order valence-corrected chi connectivity index (χ3v) is 5.26. The number of rotatable bonds is 6. The van der Waals surface area contributed by atoms with E-state index in [9.17, 15) is 9.18 Å². The van der Waals surface area contributed by atoms with Crippen molar-refractivity contribution in [3.63, 3.8) is 0 Å². The largest absolute Gasteiger partial charge is 0.384 e. The molecular formula is C22H22FN5O. The lowest BCUT2D eigenvalue weighted by Crippen LogP contribution is -2.29. The van der Waals surface area contributed by atoms with Crippen molar-refractivity contribution in [2.75, 3.05) is 25.0 Å². The molecular weight excluding hydrogens is 369 g/mol. The van der Waals surface area contributed by atoms with Crippen LogP contribution in [0.1, 0.15) is 22.3 Å². The van der Waals surface area contributed by atoms with Crippen LogP contribution in [0.25, 0.3) is 11.1 Å². The third-order valence-electron chi connectivity index (χ3n) is 5.26. The van der Waals surface area contributed by atoms with Crippen molar-refractivity contribution >= 4 is 17.8 Å². The highest BCUT2D eigenvalue weighted by atomic mass is 19.1. The lowest BCUT2D eigenvalue weighted by molar-refractivity contribution is 0.0787. The lowest BCUT2D eigenvalue weighted by Gasteiger charge is -2.18. The van der Waals surface area contributed by atoms with Crippen molar-refractivity contribution < 1.29 is 9.18 Å². The van der Waals surface area contributed by atoms with Gasteiger partial charge < -0.3 is 15.6 Å². The molecule has 1 saturated heterocycles. The van der Waals surface area contributed by atoms with Crippen LogP contribution < -0.4 is 5.32 Å². The number of H-pyrrole nitrogens is 1. The van der Waals surface area contributed by atoms with Gasteiger partial charge in [-0.3, -0.25) is 9.89 Å². The van der Waals surface area contributed by atoms with Gasteiger partial charge in [0.1, 0.15) is 5.82 Å². The number of nitrogens with one attached hydrogen (secondary N) is 3. The lowest BCUT2D eigenvalue weighted by atomic mass is 10.0. The Hall–Kier alpha value is -3.48. The summed E-state index contributed by atoms with van der Waals surface area (Å²) >= 11 is 0. The van der Waals surface area contributed by atoms with Crippen LogP contribution in [-0.4, -0.2) is 46.9 Å². The second-order valence-electron chi connectivity index (χ2n) is 7.23. The van der Waals surface area contributed by atoms with Crippen LogP contribution in [-0.2, 0) is 0 Å². The standard InChI is InChI=1S/C22H22FN5O/c23-20-3-1-2-17(9-20)22(29)28-7-6-15(14-28)11-25-21-5-4-16(8-18(21)10-24)19-12-26-27-13-19/h1-5,8-10,12-13,15,24-25H,6-7,11,14H2,(H,26,27). The Kier molecular flexibility index (Phi) is 5.37. The van der Waals surface area contributed by atoms with Gasteiger partial charge in [-0.25, -0.2) is 4.39 Å². The average Bonchev–Trinajstić information content (AvgIpc) is 3.44. The minimum atomic E-state index is -0.397. The van der Waals surface area contributed by atoms with Crippen LogP contribution in [0.5, 0.6) is 0 Å². The molecule has 0 radical (unpaired) electrons. The zero-order valence-electron chi connectivity index (χ0n) is 15.9. The summed E-state index contributed by atoms with van der Waals surface area (Å²) in [4.78, 5) is 14.3. The summed E-state index contributed by atoms with van der Waals surface area (Å²) in [7, 11) is 0. The van der Waals surface area contributed by atoms with Crippen molar-refractivity contribution in [3.05, 3.63) is 71.8 Å². The molecule has 4 rings (SSSR count). The molecule has 0 bridgehead atoms. The van der Waals surface area contributed by atoms with Crippen molar-refractivity contribution in [2.45, 2.75) is 6.42 Å². The molecule has 2 aromatic carbocycles. The van der Waals surface area contributed by atoms with Gasteiger partial charge in [0.15, 0.2) is 0 Å². The molecule has 1 fully saturated rings. The van der Waals surface area contributed by atoms with E-state index >= 15 is 0 Å². The molecule has 3 N–H and O–H groups in total. The van der Waals surface area contributed by atoms with Crippen LogP contribution in [0.2, 0.25) is 0 Å². The van der Waals surface area contributed by atoms with Crippen LogP contribution in [0.3, 0.4) is 0 Å². The smallest absolute Gasteiger partial charge is 0.253 e. The minimum Gasteiger partial charge on any atom is -0.384 e. The Morgan fingerprint density at radius 1 is 1.31 bits per heavy atom. The maximum absolute atomic E-state index is 13.4. The van der Waals surface area contributed by atoms with Crippen molar-refractivity contribution in [3.8, 4) is 11.1 Å². The number of hydrogen-bond donors (Lipinski definition) is 3. The maximum Gasteiger partial charge on any atom is 0.253 e. The molecule has 1 amide bonds. The third kappa shape index (κ3) is 4.18. The Morgan fingerprint density at radius 3 is 2.97 bits per heavy atom. The molecule has 1 unspecified atom stereocenters. The Bertz CT molecular complexity index is 1020. The second-order valence-corrected chi connectivity index (χ2v) is 7.23. The number of benzene rings is 2. The van der Waals surface area contributed by atoms with Crippen LogP contribution in [0.4, 0.5) is 10.1 Å². The Labute approximate surface area is 168 Å². The van der Waals surface area contributed by atoms with Crippen LogP contribution in [0, 0.1) is 17.1 Å². The fourth-order valence-electron chi connectivity index (χ4n) is 3.67. The molecule has 0 spiro atoms. The number of amides is 1. The highest BCUT2D eigenvalue weighted by Gasteiger charge is 2.27. The van der Waals surface area contributed by atoms with Crippen molar-refractivity contribution in [1.29, 1.82) is 5.41 Å². The number of carbonyl (C=O) groups excluding carboxylic acids is 1. The SMILES string of the molecule is N=Cc1cc(-c2cn[nH]c2)ccc1NCC1CCN(C(=O)c2cccc(F)c2)C1. The van der Waals surface area contributed by atoms with E-state index in [1.54, 1.807) is 23.2 Å². The zero-order chi connectivity index (χ0) is 20.2. The molecule has 6 nitrogen and oxygen atoms in total. The van der Waals surface area contributed by atoms with Gasteiger partial charge in [-0.15, -0.1) is 0 Å². The summed E-state index contributed by atoms with van der Waals surface area (Å²) in [5.41, 5.74) is 4.05. The van der Waals surface area contributed by atoms with Crippen LogP contribution >= 0.6 is 0 Å². The molecule has 2 heterocycles. The normalized spacial score (nSPS) is 16.0. The summed E-state index contributed by atoms with van der Waals surface area (Å²) in [5.74, 6) is -0.220. The number of anilines is 1. The number of aromatic amines is 1. The van der Waals surface area contributed by atoms with Gasteiger partial charge in [0.25, 0.3) is 5.91 Å². The monoisotopic (exact) mass is 391 g/mol. The van der Waals surface area contributed by atoms with E-state index in [2.05, 4.69) is 15.5 Å². The molecule has 1 aliphatic heterocycles. The molecule has 0 aliphatic carbocycles. The van der Waals surface area contributed by atoms with E-state index in [4.69, 9.17) is 5.41 Å². The first-order valence-electron chi connectivity index (χ1n) is 9.56. The summed E-state index contributed by atoms with van der Waals surface area (Å²) in [6.45, 7) is 2.01. The highest BCUT2D eigenvalue weighted by molar-refractivity contribution is 5.94. The highest BCUT2D eigenvalue weighted by Crippen LogP contribution is 2.25. The van der Waals surface area contributed by atoms with Crippen molar-refractivity contribution in [1.82, 2.24) is 15.1 Å². The Morgan fingerprint density at radius 2 is 2.21 bits per heavy atom. The first kappa shape index (κ1) is 18.9. The second kappa shape index (κ2) is 8.26. The van der Waals surface area contributed by atoms with E-state index in [0.29, 0.717) is 31.1 Å². The quantitative estimate of drug-likeness (QED) is 0.559. The summed E-state index contributed by atoms with van der Waals surface area (Å²) in [5, 5.41) is 17.9. The van der Waals surface area contributed by atoms with Gasteiger partial charge in [-0.1, -0.05) is 12.1 Å². The average molecular weight is 391 g/mol. The number of hydrogen-bond acceptors (Lipinski definition) is 4. The number of aromatic nitrogens is 2. The first-order chi connectivity index (χ1) is 14.1. The fourth-order valence-corrected chi connectivity index (χ4v) is 3.67. The summed E-state index contributed by atoms with van der Waals surface area (Å²) < 4.78 is 13.4. The fraction of sp³-hybridized carbons (Fsp3) is 0.227. The minimum absolute atomic E-state index is 0.128. The van der Waals surface area contributed by atoms with E-state index in [-0.39, 0.29) is 5.91 Å². The van der Waals surface area contributed by atoms with Gasteiger partial charge in [0.05, 0.1) is 6.20 Å². The van der Waals surface area contributed by atoms with Gasteiger partial charge >= 0.3 is 0 Å². The van der Waals surface area contributed by atoms with Gasteiger partial charge in [0, 0.05) is 54.4 Å². The topological polar surface area (TPSA) is 84.9 Å². The summed E-state index contributed by atoms with van der Waals surface area (Å²) in [6, 6.07) is 11.7. The first-order valence-corrected chi connectivity index (χ1v) is 9.56. The van der Waals surface area contributed by atoms with E-state index < -0.39 is 5.82 Å².